The van der Waals surface area contributed by atoms with Gasteiger partial charge >= 0.3 is 0 Å². The lowest BCUT2D eigenvalue weighted by Gasteiger charge is -2.11. The van der Waals surface area contributed by atoms with Crippen molar-refractivity contribution in [3.05, 3.63) is 46.5 Å². The molecule has 1 heterocycles. The molecule has 0 spiro atoms. The van der Waals surface area contributed by atoms with E-state index >= 15 is 0 Å². The van der Waals surface area contributed by atoms with Crippen LogP contribution in [-0.2, 0) is 5.33 Å². The van der Waals surface area contributed by atoms with Gasteiger partial charge in [0.25, 0.3) is 0 Å². The lowest BCUT2D eigenvalue weighted by Crippen LogP contribution is -1.99. The van der Waals surface area contributed by atoms with E-state index in [1.807, 2.05) is 25.4 Å². The second kappa shape index (κ2) is 4.60. The molecule has 0 unspecified atom stereocenters. The van der Waals surface area contributed by atoms with Gasteiger partial charge in [-0.3, -0.25) is 0 Å². The van der Waals surface area contributed by atoms with Crippen molar-refractivity contribution in [3.8, 4) is 5.69 Å². The van der Waals surface area contributed by atoms with Gasteiger partial charge in [0.2, 0.25) is 0 Å². The Kier molecular flexibility index (Phi) is 3.36. The maximum atomic E-state index is 6.17. The number of aryl methyl sites for hydroxylation is 1. The van der Waals surface area contributed by atoms with E-state index in [4.69, 9.17) is 11.6 Å². The first-order valence-corrected chi connectivity index (χ1v) is 6.49. The van der Waals surface area contributed by atoms with Crippen molar-refractivity contribution in [2.24, 2.45) is 0 Å². The summed E-state index contributed by atoms with van der Waals surface area (Å²) in [4.78, 5) is 4.30. The largest absolute Gasteiger partial charge is 0.303 e. The number of halogens is 2. The number of rotatable bonds is 2. The van der Waals surface area contributed by atoms with Crippen LogP contribution >= 0.6 is 27.5 Å². The third-order valence-electron chi connectivity index (χ3n) is 2.74. The van der Waals surface area contributed by atoms with Crippen molar-refractivity contribution in [1.29, 1.82) is 0 Å². The van der Waals surface area contributed by atoms with E-state index in [0.29, 0.717) is 0 Å². The fraction of sp³-hybridized carbons (Fsp3) is 0.250. The Morgan fingerprint density at radius 3 is 2.69 bits per heavy atom. The maximum absolute atomic E-state index is 6.17. The molecule has 84 valence electrons. The molecule has 2 aromatic rings. The second-order valence-corrected chi connectivity index (χ2v) is 4.62. The van der Waals surface area contributed by atoms with Gasteiger partial charge in [0.15, 0.2) is 0 Å². The van der Waals surface area contributed by atoms with Gasteiger partial charge in [-0.15, -0.1) is 0 Å². The predicted octanol–water partition coefficient (Wildman–Crippen LogP) is 4.04. The van der Waals surface area contributed by atoms with Crippen molar-refractivity contribution in [1.82, 2.24) is 9.55 Å². The van der Waals surface area contributed by atoms with Crippen LogP contribution in [0.2, 0.25) is 5.02 Å². The molecule has 2 rings (SSSR count). The van der Waals surface area contributed by atoms with Crippen molar-refractivity contribution in [2.45, 2.75) is 19.2 Å². The van der Waals surface area contributed by atoms with E-state index in [0.717, 1.165) is 33.0 Å². The molecule has 0 atom stereocenters. The minimum absolute atomic E-state index is 0.735. The predicted molar refractivity (Wildman–Crippen MR) is 70.7 cm³/mol. The fourth-order valence-corrected chi connectivity index (χ4v) is 2.63. The van der Waals surface area contributed by atoms with E-state index < -0.39 is 0 Å². The van der Waals surface area contributed by atoms with E-state index in [1.54, 1.807) is 0 Å². The van der Waals surface area contributed by atoms with Crippen LogP contribution < -0.4 is 0 Å². The van der Waals surface area contributed by atoms with Gasteiger partial charge in [0, 0.05) is 21.6 Å². The maximum Gasteiger partial charge on any atom is 0.0997 e. The molecule has 4 heteroatoms. The minimum Gasteiger partial charge on any atom is -0.303 e. The van der Waals surface area contributed by atoms with Crippen LogP contribution in [0.25, 0.3) is 5.69 Å². The molecule has 0 aliphatic rings. The Hall–Kier alpha value is -0.800. The monoisotopic (exact) mass is 298 g/mol. The third kappa shape index (κ3) is 1.89. The SMILES string of the molecule is Cc1ncn(-c2cccc(Cl)c2CBr)c1C. The van der Waals surface area contributed by atoms with E-state index in [-0.39, 0.29) is 0 Å². The van der Waals surface area contributed by atoms with Crippen molar-refractivity contribution in [3.63, 3.8) is 0 Å². The lowest BCUT2D eigenvalue weighted by molar-refractivity contribution is 0.986. The number of hydrogen-bond donors (Lipinski definition) is 0. The van der Waals surface area contributed by atoms with Crippen molar-refractivity contribution in [2.75, 3.05) is 0 Å². The number of benzene rings is 1. The van der Waals surface area contributed by atoms with Gasteiger partial charge in [0.05, 0.1) is 17.7 Å². The summed E-state index contributed by atoms with van der Waals surface area (Å²) in [5, 5.41) is 1.51. The fourth-order valence-electron chi connectivity index (χ4n) is 1.65. The Balaban J connectivity index is 2.64. The molecule has 2 nitrogen and oxygen atoms in total. The van der Waals surface area contributed by atoms with Crippen LogP contribution in [-0.4, -0.2) is 9.55 Å². The number of aromatic nitrogens is 2. The van der Waals surface area contributed by atoms with Crippen LogP contribution in [0, 0.1) is 13.8 Å². The van der Waals surface area contributed by atoms with Gasteiger partial charge in [-0.25, -0.2) is 4.98 Å². The molecule has 16 heavy (non-hydrogen) atoms. The molecule has 0 amide bonds. The van der Waals surface area contributed by atoms with E-state index in [2.05, 4.69) is 38.5 Å². The zero-order valence-electron chi connectivity index (χ0n) is 9.17. The van der Waals surface area contributed by atoms with Crippen LogP contribution in [0.5, 0.6) is 0 Å². The van der Waals surface area contributed by atoms with Crippen molar-refractivity contribution < 1.29 is 0 Å². The summed E-state index contributed by atoms with van der Waals surface area (Å²) < 4.78 is 2.07. The average Bonchev–Trinajstić information content (AvgIpc) is 2.59. The Bertz CT molecular complexity index is 520. The molecule has 0 N–H and O–H groups in total. The van der Waals surface area contributed by atoms with Gasteiger partial charge in [-0.2, -0.15) is 0 Å². The highest BCUT2D eigenvalue weighted by Gasteiger charge is 2.10. The first kappa shape index (κ1) is 11.7. The highest BCUT2D eigenvalue weighted by molar-refractivity contribution is 9.08. The molecule has 1 aromatic heterocycles. The normalized spacial score (nSPS) is 10.8. The number of alkyl halides is 1. The third-order valence-corrected chi connectivity index (χ3v) is 3.65. The molecule has 0 aliphatic heterocycles. The van der Waals surface area contributed by atoms with Crippen LogP contribution in [0.3, 0.4) is 0 Å². The average molecular weight is 300 g/mol. The van der Waals surface area contributed by atoms with Gasteiger partial charge in [-0.05, 0) is 26.0 Å². The molecule has 0 fully saturated rings. The summed E-state index contributed by atoms with van der Waals surface area (Å²) in [6, 6.07) is 5.91. The molecular formula is C12H12BrClN2. The topological polar surface area (TPSA) is 17.8 Å². The molecule has 0 radical (unpaired) electrons. The minimum atomic E-state index is 0.735. The summed E-state index contributed by atoms with van der Waals surface area (Å²) in [6.07, 6.45) is 1.84. The first-order valence-electron chi connectivity index (χ1n) is 4.99. The Labute approximate surface area is 108 Å². The smallest absolute Gasteiger partial charge is 0.0997 e. The van der Waals surface area contributed by atoms with Gasteiger partial charge in [0.1, 0.15) is 0 Å². The van der Waals surface area contributed by atoms with Crippen LogP contribution in [0.15, 0.2) is 24.5 Å². The Morgan fingerprint density at radius 1 is 1.38 bits per heavy atom. The number of hydrogen-bond acceptors (Lipinski definition) is 1. The molecule has 1 aromatic carbocycles. The van der Waals surface area contributed by atoms with E-state index in [1.165, 1.54) is 0 Å². The summed E-state index contributed by atoms with van der Waals surface area (Å²) in [5.41, 5.74) is 4.36. The van der Waals surface area contributed by atoms with Gasteiger partial charge in [-0.1, -0.05) is 33.6 Å². The summed E-state index contributed by atoms with van der Waals surface area (Å²) in [6.45, 7) is 4.06. The van der Waals surface area contributed by atoms with E-state index in [9.17, 15) is 0 Å². The molecule has 0 saturated heterocycles. The van der Waals surface area contributed by atoms with Crippen LogP contribution in [0.1, 0.15) is 17.0 Å². The highest BCUT2D eigenvalue weighted by atomic mass is 79.9. The van der Waals surface area contributed by atoms with Gasteiger partial charge < -0.3 is 4.57 Å². The standard InChI is InChI=1S/C12H12BrClN2/c1-8-9(2)16(7-15-8)12-5-3-4-11(14)10(12)6-13/h3-5,7H,6H2,1-2H3. The second-order valence-electron chi connectivity index (χ2n) is 3.66. The summed E-state index contributed by atoms with van der Waals surface area (Å²) >= 11 is 9.64. The highest BCUT2D eigenvalue weighted by Crippen LogP contribution is 2.26. The van der Waals surface area contributed by atoms with Crippen molar-refractivity contribution >= 4 is 27.5 Å². The zero-order chi connectivity index (χ0) is 11.7. The lowest BCUT2D eigenvalue weighted by atomic mass is 10.2. The molecular weight excluding hydrogens is 288 g/mol. The molecule has 0 aliphatic carbocycles. The summed E-state index contributed by atoms with van der Waals surface area (Å²) in [5.74, 6) is 0. The molecule has 0 bridgehead atoms. The zero-order valence-corrected chi connectivity index (χ0v) is 11.5. The van der Waals surface area contributed by atoms with Crippen LogP contribution in [0.4, 0.5) is 0 Å². The quantitative estimate of drug-likeness (QED) is 0.765. The number of nitrogens with zero attached hydrogens (tertiary/aromatic N) is 2. The first-order chi connectivity index (χ1) is 7.65. The Morgan fingerprint density at radius 2 is 2.12 bits per heavy atom. The number of imidazole rings is 1. The molecule has 0 saturated carbocycles. The summed E-state index contributed by atoms with van der Waals surface area (Å²) in [7, 11) is 0.